The van der Waals surface area contributed by atoms with Crippen molar-refractivity contribution in [1.29, 1.82) is 0 Å². The maximum atomic E-state index is 12.4. The minimum absolute atomic E-state index is 0.0993. The van der Waals surface area contributed by atoms with Crippen molar-refractivity contribution in [3.63, 3.8) is 0 Å². The summed E-state index contributed by atoms with van der Waals surface area (Å²) in [6.07, 6.45) is 3.27. The Morgan fingerprint density at radius 2 is 2.20 bits per heavy atom. The number of nitrogens with one attached hydrogen (secondary N) is 2. The van der Waals surface area contributed by atoms with Gasteiger partial charge in [-0.2, -0.15) is 0 Å². The summed E-state index contributed by atoms with van der Waals surface area (Å²) in [4.78, 5) is 12.4. The molecule has 2 aliphatic rings. The van der Waals surface area contributed by atoms with E-state index in [2.05, 4.69) is 10.6 Å². The Morgan fingerprint density at radius 1 is 1.40 bits per heavy atom. The Balaban J connectivity index is 1.66. The zero-order chi connectivity index (χ0) is 14.3. The van der Waals surface area contributed by atoms with Crippen molar-refractivity contribution >= 4 is 29.1 Å². The Hall–Kier alpha value is -0.770. The maximum absolute atomic E-state index is 12.4. The number of hydrogen-bond acceptors (Lipinski definition) is 2. The van der Waals surface area contributed by atoms with Gasteiger partial charge in [0.15, 0.2) is 0 Å². The third kappa shape index (κ3) is 2.67. The van der Waals surface area contributed by atoms with Crippen LogP contribution in [0.2, 0.25) is 10.0 Å². The molecule has 3 rings (SSSR count). The average molecular weight is 313 g/mol. The van der Waals surface area contributed by atoms with E-state index in [0.29, 0.717) is 22.1 Å². The van der Waals surface area contributed by atoms with E-state index in [9.17, 15) is 4.79 Å². The van der Waals surface area contributed by atoms with Gasteiger partial charge in [0, 0.05) is 22.1 Å². The van der Waals surface area contributed by atoms with Crippen molar-refractivity contribution < 1.29 is 4.79 Å². The van der Waals surface area contributed by atoms with Crippen LogP contribution < -0.4 is 10.6 Å². The monoisotopic (exact) mass is 312 g/mol. The molecular formula is C15H18Cl2N2O. The molecule has 2 bridgehead atoms. The number of halogens is 2. The van der Waals surface area contributed by atoms with Crippen LogP contribution >= 0.6 is 23.2 Å². The normalized spacial score (nSPS) is 29.4. The summed E-state index contributed by atoms with van der Waals surface area (Å²) < 4.78 is 0. The number of carbonyl (C=O) groups is 1. The highest BCUT2D eigenvalue weighted by molar-refractivity contribution is 6.35. The van der Waals surface area contributed by atoms with E-state index >= 15 is 0 Å². The quantitative estimate of drug-likeness (QED) is 0.899. The highest BCUT2D eigenvalue weighted by Crippen LogP contribution is 2.34. The molecule has 0 aromatic heterocycles. The fourth-order valence-electron chi connectivity index (χ4n) is 3.36. The molecule has 0 saturated carbocycles. The summed E-state index contributed by atoms with van der Waals surface area (Å²) >= 11 is 12.1. The molecule has 2 N–H and O–H groups in total. The van der Waals surface area contributed by atoms with E-state index in [0.717, 1.165) is 18.4 Å². The molecule has 1 aromatic rings. The highest BCUT2D eigenvalue weighted by Gasteiger charge is 2.42. The van der Waals surface area contributed by atoms with Gasteiger partial charge in [-0.1, -0.05) is 29.3 Å². The van der Waals surface area contributed by atoms with Crippen LogP contribution in [-0.2, 0) is 4.79 Å². The van der Waals surface area contributed by atoms with Crippen LogP contribution in [0.4, 0.5) is 0 Å². The first-order valence-corrected chi connectivity index (χ1v) is 7.81. The molecule has 5 heteroatoms. The first kappa shape index (κ1) is 14.2. The topological polar surface area (TPSA) is 41.1 Å². The van der Waals surface area contributed by atoms with Gasteiger partial charge in [-0.15, -0.1) is 0 Å². The van der Waals surface area contributed by atoms with Gasteiger partial charge in [0.1, 0.15) is 0 Å². The largest absolute Gasteiger partial charge is 0.349 e. The summed E-state index contributed by atoms with van der Waals surface area (Å²) in [6, 6.07) is 6.16. The van der Waals surface area contributed by atoms with Gasteiger partial charge in [0.2, 0.25) is 5.91 Å². The van der Waals surface area contributed by atoms with Crippen LogP contribution in [-0.4, -0.2) is 18.0 Å². The average Bonchev–Trinajstić information content (AvgIpc) is 3.00. The predicted octanol–water partition coefficient (Wildman–Crippen LogP) is 3.31. The minimum Gasteiger partial charge on any atom is -0.349 e. The minimum atomic E-state index is -0.105. The lowest BCUT2D eigenvalue weighted by Crippen LogP contribution is -2.38. The van der Waals surface area contributed by atoms with Crippen LogP contribution in [0.5, 0.6) is 0 Å². The van der Waals surface area contributed by atoms with E-state index in [-0.39, 0.29) is 17.9 Å². The lowest BCUT2D eigenvalue weighted by Gasteiger charge is -2.23. The number of fused-ring (bicyclic) bond motifs is 2. The van der Waals surface area contributed by atoms with Gasteiger partial charge in [-0.05, 0) is 43.9 Å². The number of benzene rings is 1. The molecule has 108 valence electrons. The second-order valence-electron chi connectivity index (χ2n) is 5.79. The summed E-state index contributed by atoms with van der Waals surface area (Å²) in [5.74, 6) is 0.227. The Morgan fingerprint density at radius 3 is 2.80 bits per heavy atom. The van der Waals surface area contributed by atoms with Crippen LogP contribution in [0.1, 0.15) is 37.8 Å². The molecule has 4 unspecified atom stereocenters. The number of amides is 1. The van der Waals surface area contributed by atoms with Gasteiger partial charge in [-0.3, -0.25) is 4.79 Å². The molecule has 3 nitrogen and oxygen atoms in total. The van der Waals surface area contributed by atoms with Gasteiger partial charge < -0.3 is 10.6 Å². The molecule has 2 aliphatic heterocycles. The van der Waals surface area contributed by atoms with Crippen molar-refractivity contribution in [2.45, 2.75) is 44.3 Å². The van der Waals surface area contributed by atoms with Gasteiger partial charge in [0.25, 0.3) is 0 Å². The van der Waals surface area contributed by atoms with Crippen LogP contribution in [0, 0.1) is 5.92 Å². The zero-order valence-electron chi connectivity index (χ0n) is 11.3. The summed E-state index contributed by atoms with van der Waals surface area (Å²) in [7, 11) is 0. The Bertz CT molecular complexity index is 535. The number of rotatable bonds is 3. The smallest absolute Gasteiger partial charge is 0.225 e. The summed E-state index contributed by atoms with van der Waals surface area (Å²) in [5.41, 5.74) is 0.903. The third-order valence-electron chi connectivity index (χ3n) is 4.42. The molecule has 1 amide bonds. The molecule has 0 radical (unpaired) electrons. The third-order valence-corrected chi connectivity index (χ3v) is 4.99. The summed E-state index contributed by atoms with van der Waals surface area (Å²) in [6.45, 7) is 1.95. The van der Waals surface area contributed by atoms with Crippen molar-refractivity contribution in [1.82, 2.24) is 10.6 Å². The second-order valence-corrected chi connectivity index (χ2v) is 6.63. The van der Waals surface area contributed by atoms with Crippen molar-refractivity contribution in [3.8, 4) is 0 Å². The van der Waals surface area contributed by atoms with Crippen molar-refractivity contribution in [2.24, 2.45) is 5.92 Å². The number of hydrogen-bond donors (Lipinski definition) is 2. The SMILES string of the molecule is CC(NC(=O)C1CC2CCC1N2)c1ccc(Cl)cc1Cl. The molecule has 0 aliphatic carbocycles. The van der Waals surface area contributed by atoms with Gasteiger partial charge in [-0.25, -0.2) is 0 Å². The van der Waals surface area contributed by atoms with Crippen molar-refractivity contribution in [3.05, 3.63) is 33.8 Å². The lowest BCUT2D eigenvalue weighted by atomic mass is 9.88. The fourth-order valence-corrected chi connectivity index (χ4v) is 3.94. The molecule has 2 heterocycles. The van der Waals surface area contributed by atoms with E-state index in [1.54, 1.807) is 12.1 Å². The van der Waals surface area contributed by atoms with E-state index in [1.165, 1.54) is 6.42 Å². The lowest BCUT2D eigenvalue weighted by molar-refractivity contribution is -0.126. The molecule has 2 saturated heterocycles. The number of carbonyl (C=O) groups excluding carboxylic acids is 1. The van der Waals surface area contributed by atoms with E-state index in [1.807, 2.05) is 13.0 Å². The second kappa shape index (κ2) is 5.55. The van der Waals surface area contributed by atoms with Crippen LogP contribution in [0.15, 0.2) is 18.2 Å². The van der Waals surface area contributed by atoms with Crippen LogP contribution in [0.25, 0.3) is 0 Å². The van der Waals surface area contributed by atoms with Gasteiger partial charge >= 0.3 is 0 Å². The highest BCUT2D eigenvalue weighted by atomic mass is 35.5. The van der Waals surface area contributed by atoms with Crippen molar-refractivity contribution in [2.75, 3.05) is 0 Å². The Labute approximate surface area is 129 Å². The summed E-state index contributed by atoms with van der Waals surface area (Å²) in [5, 5.41) is 7.76. The van der Waals surface area contributed by atoms with Gasteiger partial charge in [0.05, 0.1) is 12.0 Å². The first-order valence-electron chi connectivity index (χ1n) is 7.06. The molecular weight excluding hydrogens is 295 g/mol. The molecule has 4 atom stereocenters. The molecule has 0 spiro atoms. The fraction of sp³-hybridized carbons (Fsp3) is 0.533. The molecule has 1 aromatic carbocycles. The van der Waals surface area contributed by atoms with E-state index < -0.39 is 0 Å². The predicted molar refractivity (Wildman–Crippen MR) is 81.1 cm³/mol. The first-order chi connectivity index (χ1) is 9.54. The van der Waals surface area contributed by atoms with Crippen LogP contribution in [0.3, 0.4) is 0 Å². The standard InChI is InChI=1S/C15H18Cl2N2O/c1-8(11-4-2-9(16)6-13(11)17)18-15(20)12-7-10-3-5-14(12)19-10/h2,4,6,8,10,12,14,19H,3,5,7H2,1H3,(H,18,20). The van der Waals surface area contributed by atoms with E-state index in [4.69, 9.17) is 23.2 Å². The maximum Gasteiger partial charge on any atom is 0.225 e. The molecule has 2 fully saturated rings. The molecule has 20 heavy (non-hydrogen) atoms. The zero-order valence-corrected chi connectivity index (χ0v) is 12.8. The Kier molecular flexibility index (Phi) is 3.93.